The minimum absolute atomic E-state index is 0.0920. The number of benzene rings is 2. The smallest absolute Gasteiger partial charge is 0.407 e. The normalized spacial score (nSPS) is 17.4. The molecular weight excluding hydrogens is 432 g/mol. The second-order valence-electron chi connectivity index (χ2n) is 7.75. The Labute approximate surface area is 187 Å². The Kier molecular flexibility index (Phi) is 6.03. The predicted octanol–water partition coefficient (Wildman–Crippen LogP) is 1.78. The number of nitrogens with one attached hydrogen (secondary N) is 2. The quantitative estimate of drug-likeness (QED) is 0.386. The van der Waals surface area contributed by atoms with Gasteiger partial charge in [-0.05, 0) is 29.2 Å². The molecule has 33 heavy (non-hydrogen) atoms. The van der Waals surface area contributed by atoms with Crippen molar-refractivity contribution in [2.45, 2.75) is 38.6 Å². The van der Waals surface area contributed by atoms with E-state index in [9.17, 15) is 29.3 Å². The highest BCUT2D eigenvalue weighted by molar-refractivity contribution is 6.05. The van der Waals surface area contributed by atoms with Gasteiger partial charge >= 0.3 is 6.09 Å². The van der Waals surface area contributed by atoms with Gasteiger partial charge in [-0.3, -0.25) is 29.8 Å². The van der Waals surface area contributed by atoms with Crippen molar-refractivity contribution in [3.8, 4) is 0 Å². The second kappa shape index (κ2) is 9.07. The summed E-state index contributed by atoms with van der Waals surface area (Å²) in [7, 11) is 0. The van der Waals surface area contributed by atoms with Crippen LogP contribution in [0.15, 0.2) is 42.5 Å². The number of fused-ring (bicyclic) bond motifs is 1. The summed E-state index contributed by atoms with van der Waals surface area (Å²) in [4.78, 5) is 60.1. The van der Waals surface area contributed by atoms with E-state index >= 15 is 0 Å². The van der Waals surface area contributed by atoms with Gasteiger partial charge in [0.25, 0.3) is 11.6 Å². The van der Waals surface area contributed by atoms with Crippen LogP contribution in [0, 0.1) is 10.1 Å². The van der Waals surface area contributed by atoms with Crippen molar-refractivity contribution in [2.75, 3.05) is 0 Å². The average molecular weight is 452 g/mol. The van der Waals surface area contributed by atoms with E-state index in [1.807, 2.05) is 0 Å². The van der Waals surface area contributed by atoms with E-state index in [1.165, 1.54) is 23.1 Å². The molecule has 1 unspecified atom stereocenters. The number of nitro benzene ring substituents is 1. The Morgan fingerprint density at radius 1 is 1.18 bits per heavy atom. The maximum atomic E-state index is 12.8. The van der Waals surface area contributed by atoms with Crippen LogP contribution in [0.2, 0.25) is 0 Å². The van der Waals surface area contributed by atoms with Gasteiger partial charge in [-0.25, -0.2) is 4.79 Å². The zero-order chi connectivity index (χ0) is 23.5. The van der Waals surface area contributed by atoms with Gasteiger partial charge in [-0.2, -0.15) is 0 Å². The number of rotatable bonds is 6. The number of amides is 4. The Balaban J connectivity index is 1.33. The summed E-state index contributed by atoms with van der Waals surface area (Å²) in [5.74, 6) is -1.11. The van der Waals surface area contributed by atoms with Crippen LogP contribution in [0.25, 0.3) is 0 Å². The van der Waals surface area contributed by atoms with Gasteiger partial charge in [0.15, 0.2) is 0 Å². The van der Waals surface area contributed by atoms with Crippen LogP contribution in [-0.4, -0.2) is 39.7 Å². The molecule has 0 spiro atoms. The van der Waals surface area contributed by atoms with Crippen LogP contribution >= 0.6 is 0 Å². The second-order valence-corrected chi connectivity index (χ2v) is 7.75. The molecule has 2 N–H and O–H groups in total. The topological polar surface area (TPSA) is 148 Å². The van der Waals surface area contributed by atoms with E-state index in [-0.39, 0.29) is 50.0 Å². The average Bonchev–Trinajstić information content (AvgIpc) is 3.12. The fourth-order valence-corrected chi connectivity index (χ4v) is 3.85. The fourth-order valence-electron chi connectivity index (χ4n) is 3.85. The number of carbonyl (C=O) groups is 4. The van der Waals surface area contributed by atoms with Crippen LogP contribution in [0.5, 0.6) is 0 Å². The summed E-state index contributed by atoms with van der Waals surface area (Å²) in [5, 5.41) is 15.7. The number of hydrogen-bond donors (Lipinski definition) is 2. The molecule has 4 amide bonds. The molecule has 11 heteroatoms. The van der Waals surface area contributed by atoms with E-state index in [0.717, 1.165) is 5.56 Å². The summed E-state index contributed by atoms with van der Waals surface area (Å²) >= 11 is 0. The molecule has 170 valence electrons. The van der Waals surface area contributed by atoms with Crippen LogP contribution in [0.3, 0.4) is 0 Å². The van der Waals surface area contributed by atoms with Gasteiger partial charge in [-0.1, -0.05) is 24.3 Å². The van der Waals surface area contributed by atoms with Crippen molar-refractivity contribution in [1.29, 1.82) is 0 Å². The molecule has 2 heterocycles. The first-order chi connectivity index (χ1) is 15.8. The predicted molar refractivity (Wildman–Crippen MR) is 113 cm³/mol. The summed E-state index contributed by atoms with van der Waals surface area (Å²) in [5.41, 5.74) is 2.27. The van der Waals surface area contributed by atoms with Crippen molar-refractivity contribution in [2.24, 2.45) is 0 Å². The number of nitrogens with zero attached hydrogens (tertiary/aromatic N) is 2. The molecule has 0 radical (unpaired) electrons. The standard InChI is InChI=1S/C22H20N4O7/c27-19-7-6-18(20(28)24-19)25-11-15-5-4-13(9-17(15)21(25)29)10-23-22(30)33-12-14-2-1-3-16(8-14)26(31)32/h1-5,8-9,18H,6-7,10-12H2,(H,23,30)(H,24,27,28). The lowest BCUT2D eigenvalue weighted by Crippen LogP contribution is -2.52. The molecule has 2 aliphatic heterocycles. The lowest BCUT2D eigenvalue weighted by Gasteiger charge is -2.29. The minimum atomic E-state index is -0.710. The molecule has 1 fully saturated rings. The first-order valence-corrected chi connectivity index (χ1v) is 10.2. The van der Waals surface area contributed by atoms with Gasteiger partial charge in [0, 0.05) is 37.2 Å². The fraction of sp³-hybridized carbons (Fsp3) is 0.273. The van der Waals surface area contributed by atoms with E-state index in [2.05, 4.69) is 10.6 Å². The molecule has 4 rings (SSSR count). The molecule has 2 aromatic carbocycles. The molecule has 0 bridgehead atoms. The summed E-state index contributed by atoms with van der Waals surface area (Å²) in [6.07, 6.45) is -0.238. The van der Waals surface area contributed by atoms with E-state index < -0.39 is 23.0 Å². The maximum Gasteiger partial charge on any atom is 0.407 e. The van der Waals surface area contributed by atoms with E-state index in [0.29, 0.717) is 16.7 Å². The first kappa shape index (κ1) is 21.9. The summed E-state index contributed by atoms with van der Waals surface area (Å²) in [6, 6.07) is 10.3. The molecule has 2 aliphatic rings. The van der Waals surface area contributed by atoms with Gasteiger partial charge < -0.3 is 15.0 Å². The lowest BCUT2D eigenvalue weighted by atomic mass is 10.0. The van der Waals surface area contributed by atoms with Gasteiger partial charge in [0.05, 0.1) is 4.92 Å². The van der Waals surface area contributed by atoms with Crippen LogP contribution < -0.4 is 10.6 Å². The third-order valence-electron chi connectivity index (χ3n) is 5.52. The molecule has 11 nitrogen and oxygen atoms in total. The number of nitro groups is 1. The molecule has 0 aliphatic carbocycles. The van der Waals surface area contributed by atoms with E-state index in [1.54, 1.807) is 24.3 Å². The maximum absolute atomic E-state index is 12.8. The molecular formula is C22H20N4O7. The number of piperidine rings is 1. The molecule has 1 saturated heterocycles. The van der Waals surface area contributed by atoms with Crippen molar-refractivity contribution >= 4 is 29.5 Å². The zero-order valence-electron chi connectivity index (χ0n) is 17.4. The zero-order valence-corrected chi connectivity index (χ0v) is 17.4. The molecule has 2 aromatic rings. The Morgan fingerprint density at radius 3 is 2.76 bits per heavy atom. The third kappa shape index (κ3) is 4.81. The highest BCUT2D eigenvalue weighted by Gasteiger charge is 2.39. The first-order valence-electron chi connectivity index (χ1n) is 10.2. The number of hydrogen-bond acceptors (Lipinski definition) is 7. The van der Waals surface area contributed by atoms with Crippen molar-refractivity contribution in [3.05, 3.63) is 74.8 Å². The highest BCUT2D eigenvalue weighted by atomic mass is 16.6. The highest BCUT2D eigenvalue weighted by Crippen LogP contribution is 2.28. The minimum Gasteiger partial charge on any atom is -0.445 e. The number of imide groups is 1. The van der Waals surface area contributed by atoms with Gasteiger partial charge in [-0.15, -0.1) is 0 Å². The SMILES string of the molecule is O=C1CCC(N2Cc3ccc(CNC(=O)OCc4cccc([N+](=O)[O-])c4)cc3C2=O)C(=O)N1. The lowest BCUT2D eigenvalue weighted by molar-refractivity contribution is -0.384. The molecule has 1 atom stereocenters. The third-order valence-corrected chi connectivity index (χ3v) is 5.52. The number of ether oxygens (including phenoxy) is 1. The summed E-state index contributed by atoms with van der Waals surface area (Å²) < 4.78 is 5.10. The van der Waals surface area contributed by atoms with Crippen LogP contribution in [0.4, 0.5) is 10.5 Å². The Morgan fingerprint density at radius 2 is 2.00 bits per heavy atom. The molecule has 0 aromatic heterocycles. The number of carbonyl (C=O) groups excluding carboxylic acids is 4. The van der Waals surface area contributed by atoms with Crippen molar-refractivity contribution < 1.29 is 28.8 Å². The summed E-state index contributed by atoms with van der Waals surface area (Å²) in [6.45, 7) is 0.253. The number of alkyl carbamates (subject to hydrolysis) is 1. The largest absolute Gasteiger partial charge is 0.445 e. The van der Waals surface area contributed by atoms with Crippen molar-refractivity contribution in [3.63, 3.8) is 0 Å². The van der Waals surface area contributed by atoms with E-state index in [4.69, 9.17) is 4.74 Å². The Hall–Kier alpha value is -4.28. The van der Waals surface area contributed by atoms with Gasteiger partial charge in [0.1, 0.15) is 12.6 Å². The van der Waals surface area contributed by atoms with Crippen molar-refractivity contribution in [1.82, 2.24) is 15.5 Å². The number of non-ortho nitro benzene ring substituents is 1. The van der Waals surface area contributed by atoms with Gasteiger partial charge in [0.2, 0.25) is 11.8 Å². The molecule has 0 saturated carbocycles. The van der Waals surface area contributed by atoms with Crippen LogP contribution in [0.1, 0.15) is 39.9 Å². The van der Waals surface area contributed by atoms with Crippen LogP contribution in [-0.2, 0) is 34.0 Å². The monoisotopic (exact) mass is 452 g/mol. The Bertz CT molecular complexity index is 1160.